The average molecular weight is 367 g/mol. The highest BCUT2D eigenvalue weighted by molar-refractivity contribution is 5.96. The first-order chi connectivity index (χ1) is 13.2. The number of likely N-dealkylation sites (tertiary alicyclic amines) is 1. The van der Waals surface area contributed by atoms with Crippen molar-refractivity contribution in [2.24, 2.45) is 0 Å². The fourth-order valence-electron chi connectivity index (χ4n) is 3.48. The number of carbonyl (C=O) groups is 2. The summed E-state index contributed by atoms with van der Waals surface area (Å²) in [5.41, 5.74) is 1.91. The third kappa shape index (κ3) is 3.32. The molecule has 3 heterocycles. The zero-order valence-corrected chi connectivity index (χ0v) is 15.2. The predicted molar refractivity (Wildman–Crippen MR) is 99.7 cm³/mol. The Labute approximate surface area is 157 Å². The van der Waals surface area contributed by atoms with E-state index >= 15 is 0 Å². The van der Waals surface area contributed by atoms with Crippen LogP contribution < -0.4 is 9.64 Å². The molecule has 27 heavy (non-hydrogen) atoms. The molecule has 2 aliphatic heterocycles. The average Bonchev–Trinajstić information content (AvgIpc) is 3.27. The van der Waals surface area contributed by atoms with Crippen LogP contribution in [0.4, 0.5) is 11.5 Å². The molecule has 0 atom stereocenters. The summed E-state index contributed by atoms with van der Waals surface area (Å²) in [5.74, 6) is 1.02. The molecule has 7 nitrogen and oxygen atoms in total. The number of nitrogens with zero attached hydrogens (tertiary/aromatic N) is 3. The lowest BCUT2D eigenvalue weighted by atomic mass is 10.1. The van der Waals surface area contributed by atoms with Crippen molar-refractivity contribution < 1.29 is 19.1 Å². The molecule has 140 valence electrons. The number of aromatic nitrogens is 1. The number of hydrogen-bond acceptors (Lipinski definition) is 6. The van der Waals surface area contributed by atoms with E-state index in [4.69, 9.17) is 9.47 Å². The number of rotatable bonds is 3. The molecule has 0 unspecified atom stereocenters. The number of pyridine rings is 1. The highest BCUT2D eigenvalue weighted by Crippen LogP contribution is 2.36. The topological polar surface area (TPSA) is 72.0 Å². The van der Waals surface area contributed by atoms with E-state index in [1.807, 2.05) is 28.0 Å². The Kier molecular flexibility index (Phi) is 4.66. The second-order valence-corrected chi connectivity index (χ2v) is 6.58. The molecule has 1 saturated heterocycles. The predicted octanol–water partition coefficient (Wildman–Crippen LogP) is 2.63. The van der Waals surface area contributed by atoms with E-state index in [1.165, 1.54) is 13.3 Å². The van der Waals surface area contributed by atoms with Crippen LogP contribution in [0.15, 0.2) is 36.5 Å². The van der Waals surface area contributed by atoms with Crippen molar-refractivity contribution in [3.05, 3.63) is 47.7 Å². The molecular formula is C20H21N3O4. The number of esters is 1. The van der Waals surface area contributed by atoms with Crippen LogP contribution in [0.25, 0.3) is 0 Å². The number of fused-ring (bicyclic) bond motifs is 1. The Balaban J connectivity index is 1.60. The smallest absolute Gasteiger partial charge is 0.339 e. The van der Waals surface area contributed by atoms with Gasteiger partial charge in [0.2, 0.25) is 0 Å². The van der Waals surface area contributed by atoms with E-state index in [0.717, 1.165) is 31.6 Å². The van der Waals surface area contributed by atoms with E-state index in [1.54, 1.807) is 12.1 Å². The molecule has 2 aromatic rings. The van der Waals surface area contributed by atoms with Crippen LogP contribution in [0.3, 0.4) is 0 Å². The number of benzene rings is 1. The summed E-state index contributed by atoms with van der Waals surface area (Å²) in [6.07, 6.45) is 3.63. The van der Waals surface area contributed by atoms with Gasteiger partial charge in [0.15, 0.2) is 0 Å². The number of hydrogen-bond donors (Lipinski definition) is 0. The maximum atomic E-state index is 12.6. The monoisotopic (exact) mass is 367 g/mol. The molecule has 0 radical (unpaired) electrons. The Morgan fingerprint density at radius 2 is 1.85 bits per heavy atom. The van der Waals surface area contributed by atoms with Gasteiger partial charge in [-0.1, -0.05) is 0 Å². The molecule has 0 aliphatic carbocycles. The van der Waals surface area contributed by atoms with E-state index < -0.39 is 5.97 Å². The standard InChI is InChI=1S/C20H21N3O4/c1-26-20(25)15-5-7-18(21-13-15)23-10-11-27-17-12-14(4-6-16(17)23)19(24)22-8-2-3-9-22/h4-7,12-13H,2-3,8-11H2,1H3. The minimum Gasteiger partial charge on any atom is -0.490 e. The zero-order valence-electron chi connectivity index (χ0n) is 15.2. The van der Waals surface area contributed by atoms with Crippen LogP contribution >= 0.6 is 0 Å². The van der Waals surface area contributed by atoms with E-state index in [-0.39, 0.29) is 5.91 Å². The molecule has 7 heteroatoms. The van der Waals surface area contributed by atoms with Gasteiger partial charge in [0.1, 0.15) is 18.2 Å². The molecule has 1 fully saturated rings. The summed E-state index contributed by atoms with van der Waals surface area (Å²) in [7, 11) is 1.34. The van der Waals surface area contributed by atoms with Gasteiger partial charge in [0, 0.05) is 24.8 Å². The zero-order chi connectivity index (χ0) is 18.8. The van der Waals surface area contributed by atoms with Crippen LogP contribution in [-0.2, 0) is 4.74 Å². The fraction of sp³-hybridized carbons (Fsp3) is 0.350. The van der Waals surface area contributed by atoms with E-state index in [0.29, 0.717) is 35.8 Å². The van der Waals surface area contributed by atoms with Crippen molar-refractivity contribution in [1.82, 2.24) is 9.88 Å². The number of anilines is 2. The molecule has 0 N–H and O–H groups in total. The summed E-state index contributed by atoms with van der Waals surface area (Å²) < 4.78 is 10.5. The van der Waals surface area contributed by atoms with Crippen LogP contribution in [0.5, 0.6) is 5.75 Å². The highest BCUT2D eigenvalue weighted by Gasteiger charge is 2.25. The number of amides is 1. The van der Waals surface area contributed by atoms with Gasteiger partial charge < -0.3 is 19.3 Å². The summed E-state index contributed by atoms with van der Waals surface area (Å²) >= 11 is 0. The third-order valence-corrected chi connectivity index (χ3v) is 4.91. The molecule has 1 aromatic heterocycles. The lowest BCUT2D eigenvalue weighted by Gasteiger charge is -2.31. The SMILES string of the molecule is COC(=O)c1ccc(N2CCOc3cc(C(=O)N4CCCC4)ccc32)nc1. The van der Waals surface area contributed by atoms with Crippen molar-refractivity contribution >= 4 is 23.4 Å². The molecule has 1 aromatic carbocycles. The molecular weight excluding hydrogens is 346 g/mol. The van der Waals surface area contributed by atoms with Crippen LogP contribution in [0, 0.1) is 0 Å². The van der Waals surface area contributed by atoms with Crippen molar-refractivity contribution in [1.29, 1.82) is 0 Å². The van der Waals surface area contributed by atoms with Crippen molar-refractivity contribution in [3.8, 4) is 5.75 Å². The van der Waals surface area contributed by atoms with Gasteiger partial charge in [-0.2, -0.15) is 0 Å². The van der Waals surface area contributed by atoms with E-state index in [9.17, 15) is 9.59 Å². The maximum absolute atomic E-state index is 12.6. The minimum atomic E-state index is -0.415. The lowest BCUT2D eigenvalue weighted by Crippen LogP contribution is -2.30. The fourth-order valence-corrected chi connectivity index (χ4v) is 3.48. The number of carbonyl (C=O) groups excluding carboxylic acids is 2. The van der Waals surface area contributed by atoms with Crippen LogP contribution in [0.1, 0.15) is 33.6 Å². The van der Waals surface area contributed by atoms with Crippen molar-refractivity contribution in [3.63, 3.8) is 0 Å². The highest BCUT2D eigenvalue weighted by atomic mass is 16.5. The first-order valence-electron chi connectivity index (χ1n) is 9.05. The molecule has 0 saturated carbocycles. The van der Waals surface area contributed by atoms with Crippen molar-refractivity contribution in [2.75, 3.05) is 38.3 Å². The van der Waals surface area contributed by atoms with Gasteiger partial charge in [0.05, 0.1) is 24.9 Å². The molecule has 4 rings (SSSR count). The van der Waals surface area contributed by atoms with Gasteiger partial charge in [-0.15, -0.1) is 0 Å². The third-order valence-electron chi connectivity index (χ3n) is 4.91. The Morgan fingerprint density at radius 3 is 2.56 bits per heavy atom. The van der Waals surface area contributed by atoms with Crippen LogP contribution in [-0.4, -0.2) is 55.1 Å². The second kappa shape index (κ2) is 7.26. The Hall–Kier alpha value is -3.09. The molecule has 0 spiro atoms. The van der Waals surface area contributed by atoms with Gasteiger partial charge in [-0.25, -0.2) is 9.78 Å². The quantitative estimate of drug-likeness (QED) is 0.777. The molecule has 2 aliphatic rings. The lowest BCUT2D eigenvalue weighted by molar-refractivity contribution is 0.0600. The summed E-state index contributed by atoms with van der Waals surface area (Å²) in [4.78, 5) is 32.5. The molecule has 0 bridgehead atoms. The van der Waals surface area contributed by atoms with E-state index in [2.05, 4.69) is 4.98 Å². The van der Waals surface area contributed by atoms with Crippen molar-refractivity contribution in [2.45, 2.75) is 12.8 Å². The summed E-state index contributed by atoms with van der Waals surface area (Å²) in [5, 5.41) is 0. The number of methoxy groups -OCH3 is 1. The first-order valence-corrected chi connectivity index (χ1v) is 9.05. The normalized spacial score (nSPS) is 15.9. The Bertz CT molecular complexity index is 860. The second-order valence-electron chi connectivity index (χ2n) is 6.58. The van der Waals surface area contributed by atoms with Gasteiger partial charge in [0.25, 0.3) is 5.91 Å². The first kappa shape index (κ1) is 17.3. The van der Waals surface area contributed by atoms with Gasteiger partial charge >= 0.3 is 5.97 Å². The molecule has 1 amide bonds. The minimum absolute atomic E-state index is 0.0524. The van der Waals surface area contributed by atoms with Gasteiger partial charge in [-0.05, 0) is 43.2 Å². The summed E-state index contributed by atoms with van der Waals surface area (Å²) in [6.45, 7) is 2.77. The Morgan fingerprint density at radius 1 is 1.07 bits per heavy atom. The van der Waals surface area contributed by atoms with Gasteiger partial charge in [-0.3, -0.25) is 4.79 Å². The maximum Gasteiger partial charge on any atom is 0.339 e. The summed E-state index contributed by atoms with van der Waals surface area (Å²) in [6, 6.07) is 9.02. The van der Waals surface area contributed by atoms with Crippen LogP contribution in [0.2, 0.25) is 0 Å². The largest absolute Gasteiger partial charge is 0.490 e. The number of ether oxygens (including phenoxy) is 2.